The number of imide groups is 1. The Morgan fingerprint density at radius 2 is 1.74 bits per heavy atom. The van der Waals surface area contributed by atoms with Gasteiger partial charge in [-0.25, -0.2) is 0 Å². The van der Waals surface area contributed by atoms with Crippen molar-refractivity contribution in [3.8, 4) is 0 Å². The second kappa shape index (κ2) is 9.53. The van der Waals surface area contributed by atoms with Crippen LogP contribution in [0.25, 0.3) is 33.0 Å². The van der Waals surface area contributed by atoms with E-state index in [4.69, 9.17) is 4.74 Å². The Balaban J connectivity index is 1.49. The Morgan fingerprint density at radius 1 is 1.00 bits per heavy atom. The van der Waals surface area contributed by atoms with Gasteiger partial charge in [0.1, 0.15) is 0 Å². The molecule has 0 aliphatic carbocycles. The number of rotatable bonds is 7. The monoisotopic (exact) mass is 515 g/mol. The first-order valence-electron chi connectivity index (χ1n) is 12.3. The predicted octanol–water partition coefficient (Wildman–Crippen LogP) is 2.29. The van der Waals surface area contributed by atoms with Gasteiger partial charge < -0.3 is 19.4 Å². The smallest absolute Gasteiger partial charge is 0.270 e. The van der Waals surface area contributed by atoms with Crippen molar-refractivity contribution in [1.82, 2.24) is 19.8 Å². The zero-order valence-electron chi connectivity index (χ0n) is 20.3. The van der Waals surface area contributed by atoms with Gasteiger partial charge in [-0.2, -0.15) is 0 Å². The van der Waals surface area contributed by atoms with E-state index in [1.54, 1.807) is 23.0 Å². The molecule has 3 N–H and O–H groups in total. The minimum atomic E-state index is -0.729. The number of carbonyl (C=O) groups is 2. The molecule has 2 aromatic heterocycles. The standard InChI is InChI=1S/C27H25N5O6/c33-17(13-30-7-9-38-10-8-30)14-31-15-21(19-11-16(32(36)37)5-6-23(19)31)25-24(26(34)29-27(25)35)20-12-28-22-4-2-1-3-18(20)22/h1-6,11-12,15,17,28,33H,7-10,13-14H2,(H,29,34,35). The summed E-state index contributed by atoms with van der Waals surface area (Å²) in [4.78, 5) is 42.6. The van der Waals surface area contributed by atoms with Crippen molar-refractivity contribution in [3.05, 3.63) is 76.1 Å². The van der Waals surface area contributed by atoms with E-state index in [9.17, 15) is 24.8 Å². The number of aliphatic hydroxyl groups excluding tert-OH is 1. The number of β-amino-alcohol motifs (C(OH)–C–C–N with tert-alkyl or cyclic N) is 1. The summed E-state index contributed by atoms with van der Waals surface area (Å²) in [7, 11) is 0. The SMILES string of the molecule is O=C1NC(=O)C(c2cn(CC(O)CN3CCOCC3)c3ccc([N+](=O)[O-])cc23)=C1c1c[nH]c2ccccc12. The molecule has 1 atom stereocenters. The Labute approximate surface area is 216 Å². The number of nitro benzene ring substituents is 1. The van der Waals surface area contributed by atoms with E-state index < -0.39 is 22.8 Å². The summed E-state index contributed by atoms with van der Waals surface area (Å²) < 4.78 is 7.17. The van der Waals surface area contributed by atoms with Crippen LogP contribution in [0.3, 0.4) is 0 Å². The molecule has 11 heteroatoms. The summed E-state index contributed by atoms with van der Waals surface area (Å²) in [5.41, 5.74) is 2.60. The van der Waals surface area contributed by atoms with Crippen molar-refractivity contribution in [2.24, 2.45) is 0 Å². The molecular weight excluding hydrogens is 490 g/mol. The number of hydrogen-bond donors (Lipinski definition) is 3. The first-order chi connectivity index (χ1) is 18.4. The minimum Gasteiger partial charge on any atom is -0.390 e. The van der Waals surface area contributed by atoms with Crippen molar-refractivity contribution in [3.63, 3.8) is 0 Å². The zero-order valence-corrected chi connectivity index (χ0v) is 20.3. The topological polar surface area (TPSA) is 143 Å². The van der Waals surface area contributed by atoms with E-state index in [2.05, 4.69) is 15.2 Å². The van der Waals surface area contributed by atoms with Gasteiger partial charge in [-0.05, 0) is 12.1 Å². The van der Waals surface area contributed by atoms with Gasteiger partial charge in [-0.3, -0.25) is 29.9 Å². The van der Waals surface area contributed by atoms with Gasteiger partial charge in [-0.15, -0.1) is 0 Å². The number of carbonyl (C=O) groups excluding carboxylic acids is 2. The third-order valence-corrected chi connectivity index (χ3v) is 7.11. The summed E-state index contributed by atoms with van der Waals surface area (Å²) in [5.74, 6) is -1.11. The minimum absolute atomic E-state index is 0.135. The fraction of sp³-hybridized carbons (Fsp3) is 0.259. The zero-order chi connectivity index (χ0) is 26.4. The lowest BCUT2D eigenvalue weighted by molar-refractivity contribution is -0.384. The van der Waals surface area contributed by atoms with Crippen LogP contribution in [0.1, 0.15) is 11.1 Å². The Kier molecular flexibility index (Phi) is 6.03. The van der Waals surface area contributed by atoms with Crippen molar-refractivity contribution in [2.75, 3.05) is 32.8 Å². The number of ether oxygens (including phenoxy) is 1. The van der Waals surface area contributed by atoms with Crippen LogP contribution >= 0.6 is 0 Å². The van der Waals surface area contributed by atoms with E-state index in [0.29, 0.717) is 41.8 Å². The van der Waals surface area contributed by atoms with E-state index in [1.807, 2.05) is 24.3 Å². The third-order valence-electron chi connectivity index (χ3n) is 7.11. The molecule has 0 spiro atoms. The third kappa shape index (κ3) is 4.16. The maximum Gasteiger partial charge on any atom is 0.270 e. The van der Waals surface area contributed by atoms with Gasteiger partial charge in [0, 0.05) is 83.6 Å². The fourth-order valence-electron chi connectivity index (χ4n) is 5.36. The number of nitrogens with zero attached hydrogens (tertiary/aromatic N) is 3. The average Bonchev–Trinajstić information content (AvgIpc) is 3.57. The highest BCUT2D eigenvalue weighted by molar-refractivity contribution is 6.50. The highest BCUT2D eigenvalue weighted by Gasteiger charge is 2.35. The molecule has 38 heavy (non-hydrogen) atoms. The van der Waals surface area contributed by atoms with Crippen LogP contribution in [0.5, 0.6) is 0 Å². The van der Waals surface area contributed by atoms with Crippen molar-refractivity contribution >= 4 is 50.5 Å². The molecule has 6 rings (SSSR count). The van der Waals surface area contributed by atoms with E-state index in [-0.39, 0.29) is 23.4 Å². The molecule has 1 unspecified atom stereocenters. The van der Waals surface area contributed by atoms with Crippen LogP contribution in [0.2, 0.25) is 0 Å². The molecule has 2 aliphatic rings. The van der Waals surface area contributed by atoms with Crippen LogP contribution in [-0.2, 0) is 20.9 Å². The fourth-order valence-corrected chi connectivity index (χ4v) is 5.36. The van der Waals surface area contributed by atoms with Gasteiger partial charge >= 0.3 is 0 Å². The number of para-hydroxylation sites is 1. The lowest BCUT2D eigenvalue weighted by atomic mass is 9.95. The molecule has 4 aromatic rings. The number of aromatic nitrogens is 2. The van der Waals surface area contributed by atoms with Crippen molar-refractivity contribution in [2.45, 2.75) is 12.6 Å². The normalized spacial score (nSPS) is 17.5. The summed E-state index contributed by atoms with van der Waals surface area (Å²) in [5, 5.41) is 26.1. The quantitative estimate of drug-likeness (QED) is 0.195. The van der Waals surface area contributed by atoms with E-state index in [1.165, 1.54) is 12.1 Å². The van der Waals surface area contributed by atoms with Gasteiger partial charge in [0.15, 0.2) is 0 Å². The number of morpholine rings is 1. The summed E-state index contributed by atoms with van der Waals surface area (Å²) in [6.07, 6.45) is 2.65. The predicted molar refractivity (Wildman–Crippen MR) is 140 cm³/mol. The molecule has 2 aliphatic heterocycles. The first-order valence-corrected chi connectivity index (χ1v) is 12.3. The van der Waals surface area contributed by atoms with Gasteiger partial charge in [-0.1, -0.05) is 18.2 Å². The lowest BCUT2D eigenvalue weighted by Crippen LogP contribution is -2.41. The molecule has 0 bridgehead atoms. The second-order valence-corrected chi connectivity index (χ2v) is 9.50. The maximum absolute atomic E-state index is 13.2. The van der Waals surface area contributed by atoms with E-state index >= 15 is 0 Å². The lowest BCUT2D eigenvalue weighted by Gasteiger charge is -2.28. The van der Waals surface area contributed by atoms with E-state index in [0.717, 1.165) is 24.0 Å². The van der Waals surface area contributed by atoms with Gasteiger partial charge in [0.05, 0.1) is 35.4 Å². The average molecular weight is 516 g/mol. The Morgan fingerprint density at radius 3 is 2.50 bits per heavy atom. The molecule has 2 amide bonds. The Hall–Kier alpha value is -4.32. The number of non-ortho nitro benzene ring substituents is 1. The number of hydrogen-bond acceptors (Lipinski definition) is 7. The van der Waals surface area contributed by atoms with Crippen LogP contribution in [-0.4, -0.2) is 75.2 Å². The first kappa shape index (κ1) is 24.0. The van der Waals surface area contributed by atoms with Crippen LogP contribution in [0.4, 0.5) is 5.69 Å². The molecule has 2 aromatic carbocycles. The number of nitrogens with one attached hydrogen (secondary N) is 2. The van der Waals surface area contributed by atoms with Crippen LogP contribution < -0.4 is 5.32 Å². The van der Waals surface area contributed by atoms with Crippen LogP contribution in [0, 0.1) is 10.1 Å². The molecule has 1 saturated heterocycles. The summed E-state index contributed by atoms with van der Waals surface area (Å²) >= 11 is 0. The molecule has 0 radical (unpaired) electrons. The number of nitro groups is 1. The molecule has 1 fully saturated rings. The highest BCUT2D eigenvalue weighted by atomic mass is 16.6. The summed E-state index contributed by atoms with van der Waals surface area (Å²) in [6.45, 7) is 3.32. The molecule has 194 valence electrons. The highest BCUT2D eigenvalue weighted by Crippen LogP contribution is 2.39. The van der Waals surface area contributed by atoms with Gasteiger partial charge in [0.2, 0.25) is 0 Å². The maximum atomic E-state index is 13.2. The molecule has 4 heterocycles. The number of benzene rings is 2. The number of fused-ring (bicyclic) bond motifs is 2. The second-order valence-electron chi connectivity index (χ2n) is 9.50. The van der Waals surface area contributed by atoms with Crippen LogP contribution in [0.15, 0.2) is 54.9 Å². The molecular formula is C27H25N5O6. The number of H-pyrrole nitrogens is 1. The summed E-state index contributed by atoms with van der Waals surface area (Å²) in [6, 6.07) is 11.9. The number of aliphatic hydroxyl groups is 1. The van der Waals surface area contributed by atoms with Crippen molar-refractivity contribution in [1.29, 1.82) is 0 Å². The molecule has 11 nitrogen and oxygen atoms in total. The Bertz CT molecular complexity index is 1630. The van der Waals surface area contributed by atoms with Gasteiger partial charge in [0.25, 0.3) is 17.5 Å². The largest absolute Gasteiger partial charge is 0.390 e. The number of amides is 2. The van der Waals surface area contributed by atoms with Crippen molar-refractivity contribution < 1.29 is 24.4 Å². The number of aromatic amines is 1. The molecule has 0 saturated carbocycles.